The first-order valence-corrected chi connectivity index (χ1v) is 12.4. The molecule has 0 unspecified atom stereocenters. The van der Waals surface area contributed by atoms with Crippen molar-refractivity contribution in [3.05, 3.63) is 105 Å². The van der Waals surface area contributed by atoms with E-state index >= 15 is 0 Å². The van der Waals surface area contributed by atoms with Crippen molar-refractivity contribution in [2.75, 3.05) is 5.32 Å². The molecule has 190 valence electrons. The van der Waals surface area contributed by atoms with E-state index in [0.717, 1.165) is 15.7 Å². The lowest BCUT2D eigenvalue weighted by molar-refractivity contribution is -0.112. The SMILES string of the molecule is Cc1ccc(Cn2c(Nc3ccc(Oc4ncccc4F)cc3)nc(=O)n(C[C@H](C)C(=O)I)c2=O)cc1. The second-order valence-corrected chi connectivity index (χ2v) is 9.49. The second-order valence-electron chi connectivity index (χ2n) is 8.43. The number of carbonyl (C=O) groups excluding carboxylic acids is 1. The molecule has 0 amide bonds. The number of hydrogen-bond donors (Lipinski definition) is 1. The number of anilines is 2. The number of pyridine rings is 1. The lowest BCUT2D eigenvalue weighted by Gasteiger charge is -2.17. The highest BCUT2D eigenvalue weighted by Crippen LogP contribution is 2.24. The number of carbonyl (C=O) groups is 1. The summed E-state index contributed by atoms with van der Waals surface area (Å²) in [6, 6.07) is 16.8. The molecule has 1 N–H and O–H groups in total. The molecule has 0 saturated heterocycles. The number of hydrogen-bond acceptors (Lipinski definition) is 7. The van der Waals surface area contributed by atoms with E-state index in [1.165, 1.54) is 22.9 Å². The Morgan fingerprint density at radius 2 is 1.78 bits per heavy atom. The van der Waals surface area contributed by atoms with E-state index in [4.69, 9.17) is 4.74 Å². The minimum absolute atomic E-state index is 0.0460. The van der Waals surface area contributed by atoms with Crippen molar-refractivity contribution < 1.29 is 13.9 Å². The Bertz CT molecular complexity index is 1530. The summed E-state index contributed by atoms with van der Waals surface area (Å²) in [6.07, 6.45) is 1.42. The predicted molar refractivity (Wildman–Crippen MR) is 145 cm³/mol. The van der Waals surface area contributed by atoms with Crippen LogP contribution in [0, 0.1) is 18.7 Å². The molecular weight excluding hydrogens is 592 g/mol. The molecule has 0 saturated carbocycles. The zero-order valence-electron chi connectivity index (χ0n) is 20.0. The van der Waals surface area contributed by atoms with Crippen LogP contribution in [0.3, 0.4) is 0 Å². The van der Waals surface area contributed by atoms with E-state index in [2.05, 4.69) is 15.3 Å². The maximum Gasteiger partial charge on any atom is 0.354 e. The Morgan fingerprint density at radius 3 is 2.43 bits per heavy atom. The normalized spacial score (nSPS) is 11.7. The van der Waals surface area contributed by atoms with Gasteiger partial charge in [0.2, 0.25) is 5.95 Å². The molecule has 4 aromatic rings. The lowest BCUT2D eigenvalue weighted by atomic mass is 10.1. The van der Waals surface area contributed by atoms with E-state index in [9.17, 15) is 18.8 Å². The first kappa shape index (κ1) is 26.2. The third kappa shape index (κ3) is 6.47. The molecule has 11 heteroatoms. The van der Waals surface area contributed by atoms with E-state index in [1.54, 1.807) is 53.8 Å². The van der Waals surface area contributed by atoms with Gasteiger partial charge in [0, 0.05) is 24.3 Å². The van der Waals surface area contributed by atoms with Gasteiger partial charge in [-0.3, -0.25) is 9.36 Å². The van der Waals surface area contributed by atoms with Crippen molar-refractivity contribution in [1.82, 2.24) is 19.1 Å². The van der Waals surface area contributed by atoms with E-state index in [-0.39, 0.29) is 28.7 Å². The van der Waals surface area contributed by atoms with Gasteiger partial charge in [-0.2, -0.15) is 4.98 Å². The minimum atomic E-state index is -0.761. The fourth-order valence-electron chi connectivity index (χ4n) is 3.44. The second kappa shape index (κ2) is 11.5. The van der Waals surface area contributed by atoms with Crippen LogP contribution in [0.5, 0.6) is 11.6 Å². The number of halogens is 2. The highest BCUT2D eigenvalue weighted by molar-refractivity contribution is 14.1. The van der Waals surface area contributed by atoms with Crippen molar-refractivity contribution in [3.8, 4) is 11.6 Å². The van der Waals surface area contributed by atoms with Crippen LogP contribution in [0.25, 0.3) is 0 Å². The molecule has 0 spiro atoms. The fraction of sp³-hybridized carbons (Fsp3) is 0.192. The molecule has 1 atom stereocenters. The molecule has 0 bridgehead atoms. The van der Waals surface area contributed by atoms with Crippen LogP contribution < -0.4 is 21.4 Å². The van der Waals surface area contributed by atoms with Crippen LogP contribution in [0.2, 0.25) is 0 Å². The molecule has 2 aromatic carbocycles. The zero-order valence-corrected chi connectivity index (χ0v) is 22.2. The fourth-order valence-corrected chi connectivity index (χ4v) is 3.64. The maximum atomic E-state index is 13.8. The molecule has 0 aliphatic carbocycles. The highest BCUT2D eigenvalue weighted by atomic mass is 127. The number of aryl methyl sites for hydroxylation is 1. The van der Waals surface area contributed by atoms with Gasteiger partial charge in [0.25, 0.3) is 5.88 Å². The van der Waals surface area contributed by atoms with Gasteiger partial charge in [0.1, 0.15) is 5.75 Å². The summed E-state index contributed by atoms with van der Waals surface area (Å²) in [7, 11) is 0. The van der Waals surface area contributed by atoms with E-state index in [1.807, 2.05) is 31.2 Å². The zero-order chi connectivity index (χ0) is 26.5. The number of benzene rings is 2. The summed E-state index contributed by atoms with van der Waals surface area (Å²) in [5, 5.41) is 3.02. The van der Waals surface area contributed by atoms with Crippen LogP contribution >= 0.6 is 22.6 Å². The van der Waals surface area contributed by atoms with Crippen molar-refractivity contribution in [3.63, 3.8) is 0 Å². The Labute approximate surface area is 225 Å². The van der Waals surface area contributed by atoms with Gasteiger partial charge in [-0.25, -0.2) is 23.5 Å². The van der Waals surface area contributed by atoms with Crippen LogP contribution in [0.15, 0.2) is 76.4 Å². The monoisotopic (exact) mass is 615 g/mol. The summed E-state index contributed by atoms with van der Waals surface area (Å²) < 4.78 is 21.5. The molecule has 4 rings (SSSR count). The Kier molecular flexibility index (Phi) is 8.11. The van der Waals surface area contributed by atoms with Gasteiger partial charge in [-0.1, -0.05) is 36.8 Å². The van der Waals surface area contributed by atoms with Gasteiger partial charge in [0.15, 0.2) is 9.61 Å². The molecule has 37 heavy (non-hydrogen) atoms. The third-order valence-electron chi connectivity index (χ3n) is 5.50. The minimum Gasteiger partial charge on any atom is -0.436 e. The topological polar surface area (TPSA) is 108 Å². The van der Waals surface area contributed by atoms with Crippen LogP contribution in [0.4, 0.5) is 16.0 Å². The number of rotatable bonds is 9. The number of ether oxygens (including phenoxy) is 1. The van der Waals surface area contributed by atoms with Crippen molar-refractivity contribution in [2.24, 2.45) is 5.92 Å². The summed E-state index contributed by atoms with van der Waals surface area (Å²) in [4.78, 5) is 45.9. The van der Waals surface area contributed by atoms with Gasteiger partial charge < -0.3 is 10.1 Å². The van der Waals surface area contributed by atoms with Gasteiger partial charge in [-0.05, 0) is 71.5 Å². The standard InChI is InChI=1S/C26H23FIN5O4/c1-16-5-7-18(8-6-16)15-32-24(31-25(35)33(26(32)36)14-17(2)22(28)34)30-19-9-11-20(12-10-19)37-23-21(27)4-3-13-29-23/h3-13,17H,14-15H2,1-2H3,(H,30,31,35)/t17-/m0/s1. The molecule has 9 nitrogen and oxygen atoms in total. The summed E-state index contributed by atoms with van der Waals surface area (Å²) in [5.74, 6) is -0.880. The smallest absolute Gasteiger partial charge is 0.354 e. The van der Waals surface area contributed by atoms with Gasteiger partial charge in [0.05, 0.1) is 6.54 Å². The molecule has 2 heterocycles. The summed E-state index contributed by atoms with van der Waals surface area (Å²) >= 11 is 1.65. The van der Waals surface area contributed by atoms with E-state index < -0.39 is 23.1 Å². The Balaban J connectivity index is 1.66. The van der Waals surface area contributed by atoms with Crippen LogP contribution in [-0.2, 0) is 17.9 Å². The van der Waals surface area contributed by atoms with Gasteiger partial charge in [-0.15, -0.1) is 0 Å². The van der Waals surface area contributed by atoms with E-state index in [0.29, 0.717) is 11.4 Å². The van der Waals surface area contributed by atoms with Gasteiger partial charge >= 0.3 is 11.4 Å². The Hall–Kier alpha value is -3.87. The average Bonchev–Trinajstić information content (AvgIpc) is 2.87. The summed E-state index contributed by atoms with van der Waals surface area (Å²) in [5.41, 5.74) is 1.08. The average molecular weight is 615 g/mol. The molecule has 2 aromatic heterocycles. The third-order valence-corrected chi connectivity index (χ3v) is 6.57. The number of aromatic nitrogens is 4. The number of nitrogens with zero attached hydrogens (tertiary/aromatic N) is 4. The quantitative estimate of drug-likeness (QED) is 0.219. The highest BCUT2D eigenvalue weighted by Gasteiger charge is 2.18. The predicted octanol–water partition coefficient (Wildman–Crippen LogP) is 4.43. The Morgan fingerprint density at radius 1 is 1.08 bits per heavy atom. The van der Waals surface area contributed by atoms with Crippen molar-refractivity contribution in [2.45, 2.75) is 26.9 Å². The number of nitrogens with one attached hydrogen (secondary N) is 1. The molecular formula is C26H23FIN5O4. The first-order chi connectivity index (χ1) is 17.7. The molecule has 0 aliphatic heterocycles. The molecule has 0 aliphatic rings. The summed E-state index contributed by atoms with van der Waals surface area (Å²) in [6.45, 7) is 3.69. The largest absolute Gasteiger partial charge is 0.436 e. The molecule has 0 fully saturated rings. The maximum absolute atomic E-state index is 13.8. The van der Waals surface area contributed by atoms with Crippen LogP contribution in [0.1, 0.15) is 18.1 Å². The van der Waals surface area contributed by atoms with Crippen LogP contribution in [-0.4, -0.2) is 22.9 Å². The first-order valence-electron chi connectivity index (χ1n) is 11.3. The van der Waals surface area contributed by atoms with Crippen molar-refractivity contribution in [1.29, 1.82) is 0 Å². The molecule has 0 radical (unpaired) electrons. The lowest BCUT2D eigenvalue weighted by Crippen LogP contribution is -2.44. The van der Waals surface area contributed by atoms with Crippen molar-refractivity contribution >= 4 is 38.0 Å².